The van der Waals surface area contributed by atoms with Crippen LogP contribution in [0.3, 0.4) is 0 Å². The van der Waals surface area contributed by atoms with E-state index in [-0.39, 0.29) is 5.82 Å². The van der Waals surface area contributed by atoms with Crippen LogP contribution in [0.25, 0.3) is 11.1 Å². The van der Waals surface area contributed by atoms with Gasteiger partial charge >= 0.3 is 0 Å². The van der Waals surface area contributed by atoms with Gasteiger partial charge in [0.05, 0.1) is 5.69 Å². The summed E-state index contributed by atoms with van der Waals surface area (Å²) in [5.74, 6) is 2.46. The van der Waals surface area contributed by atoms with E-state index in [0.717, 1.165) is 28.7 Å². The van der Waals surface area contributed by atoms with Gasteiger partial charge in [0, 0.05) is 18.5 Å². The summed E-state index contributed by atoms with van der Waals surface area (Å²) in [4.78, 5) is 0. The van der Waals surface area contributed by atoms with E-state index in [0.29, 0.717) is 11.7 Å². The number of hydrogen-bond acceptors (Lipinski definition) is 2. The van der Waals surface area contributed by atoms with Crippen LogP contribution in [0.4, 0.5) is 10.2 Å². The van der Waals surface area contributed by atoms with Crippen LogP contribution in [0.1, 0.15) is 37.3 Å². The molecule has 21 heavy (non-hydrogen) atoms. The summed E-state index contributed by atoms with van der Waals surface area (Å²) in [6, 6.07) is 6.68. The van der Waals surface area contributed by atoms with Crippen LogP contribution in [0.15, 0.2) is 24.3 Å². The summed E-state index contributed by atoms with van der Waals surface area (Å²) in [6.45, 7) is 0. The van der Waals surface area contributed by atoms with Crippen molar-refractivity contribution in [1.82, 2.24) is 9.78 Å². The summed E-state index contributed by atoms with van der Waals surface area (Å²) >= 11 is 0. The molecule has 0 saturated heterocycles. The lowest BCUT2D eigenvalue weighted by Crippen LogP contribution is -1.98. The molecule has 2 aliphatic carbocycles. The van der Waals surface area contributed by atoms with Crippen molar-refractivity contribution < 1.29 is 4.39 Å². The maximum atomic E-state index is 13.6. The third kappa shape index (κ3) is 1.96. The summed E-state index contributed by atoms with van der Waals surface area (Å²) in [6.07, 6.45) is 5.26. The van der Waals surface area contributed by atoms with Crippen LogP contribution in [-0.4, -0.2) is 9.78 Å². The van der Waals surface area contributed by atoms with Gasteiger partial charge in [-0.2, -0.15) is 5.10 Å². The number of benzene rings is 1. The average molecular weight is 285 g/mol. The number of rotatable bonds is 2. The highest BCUT2D eigenvalue weighted by Crippen LogP contribution is 2.62. The smallest absolute Gasteiger partial charge is 0.129 e. The molecule has 110 valence electrons. The van der Waals surface area contributed by atoms with E-state index in [1.807, 2.05) is 13.1 Å². The second-order valence-electron chi connectivity index (χ2n) is 6.42. The molecule has 4 heteroatoms. The van der Waals surface area contributed by atoms with Gasteiger partial charge in [0.15, 0.2) is 0 Å². The SMILES string of the molecule is Cn1nc(C2C3CCCCC32)c(-c2cccc(F)c2)c1N. The van der Waals surface area contributed by atoms with Crippen molar-refractivity contribution in [3.63, 3.8) is 0 Å². The van der Waals surface area contributed by atoms with E-state index in [9.17, 15) is 4.39 Å². The molecule has 2 aliphatic rings. The Morgan fingerprint density at radius 1 is 1.24 bits per heavy atom. The Balaban J connectivity index is 1.80. The molecule has 0 spiro atoms. The van der Waals surface area contributed by atoms with Gasteiger partial charge in [-0.15, -0.1) is 0 Å². The molecule has 4 rings (SSSR count). The van der Waals surface area contributed by atoms with E-state index in [1.165, 1.54) is 31.7 Å². The number of hydrogen-bond donors (Lipinski definition) is 1. The zero-order chi connectivity index (χ0) is 14.6. The Kier molecular flexibility index (Phi) is 2.81. The Hall–Kier alpha value is -1.84. The Bertz CT molecular complexity index is 679. The van der Waals surface area contributed by atoms with Crippen molar-refractivity contribution in [1.29, 1.82) is 0 Å². The molecule has 0 aliphatic heterocycles. The molecule has 1 heterocycles. The first kappa shape index (κ1) is 12.9. The molecule has 2 unspecified atom stereocenters. The lowest BCUT2D eigenvalue weighted by molar-refractivity contribution is 0.480. The number of nitrogen functional groups attached to an aromatic ring is 1. The Morgan fingerprint density at radius 2 is 1.95 bits per heavy atom. The van der Waals surface area contributed by atoms with Crippen LogP contribution < -0.4 is 5.73 Å². The van der Waals surface area contributed by atoms with E-state index >= 15 is 0 Å². The van der Waals surface area contributed by atoms with Crippen LogP contribution in [-0.2, 0) is 7.05 Å². The zero-order valence-corrected chi connectivity index (χ0v) is 12.2. The second kappa shape index (κ2) is 4.58. The van der Waals surface area contributed by atoms with Gasteiger partial charge in [0.25, 0.3) is 0 Å². The fourth-order valence-electron chi connectivity index (χ4n) is 4.13. The summed E-state index contributed by atoms with van der Waals surface area (Å²) in [5, 5.41) is 4.67. The predicted octanol–water partition coefficient (Wildman–Crippen LogP) is 3.71. The third-order valence-electron chi connectivity index (χ3n) is 5.20. The molecule has 2 fully saturated rings. The fourth-order valence-corrected chi connectivity index (χ4v) is 4.13. The van der Waals surface area contributed by atoms with Gasteiger partial charge in [0.1, 0.15) is 11.6 Å². The van der Waals surface area contributed by atoms with Crippen molar-refractivity contribution in [2.45, 2.75) is 31.6 Å². The number of nitrogens with two attached hydrogens (primary N) is 1. The fraction of sp³-hybridized carbons (Fsp3) is 0.471. The highest BCUT2D eigenvalue weighted by Gasteiger charge is 2.53. The van der Waals surface area contributed by atoms with Crippen LogP contribution in [0.5, 0.6) is 0 Å². The quantitative estimate of drug-likeness (QED) is 0.914. The first-order valence-electron chi connectivity index (χ1n) is 7.75. The normalized spacial score (nSPS) is 27.4. The van der Waals surface area contributed by atoms with Gasteiger partial charge in [-0.1, -0.05) is 25.0 Å². The Labute approximate surface area is 124 Å². The van der Waals surface area contributed by atoms with Gasteiger partial charge in [-0.3, -0.25) is 4.68 Å². The largest absolute Gasteiger partial charge is 0.383 e. The van der Waals surface area contributed by atoms with Crippen molar-refractivity contribution >= 4 is 5.82 Å². The van der Waals surface area contributed by atoms with E-state index in [1.54, 1.807) is 16.8 Å². The predicted molar refractivity (Wildman–Crippen MR) is 81.2 cm³/mol. The highest BCUT2D eigenvalue weighted by atomic mass is 19.1. The molecule has 2 atom stereocenters. The lowest BCUT2D eigenvalue weighted by atomic mass is 10.0. The minimum atomic E-state index is -0.227. The lowest BCUT2D eigenvalue weighted by Gasteiger charge is -2.04. The minimum Gasteiger partial charge on any atom is -0.383 e. The topological polar surface area (TPSA) is 43.8 Å². The summed E-state index contributed by atoms with van der Waals surface area (Å²) in [5.41, 5.74) is 9.09. The van der Waals surface area contributed by atoms with Crippen LogP contribution in [0.2, 0.25) is 0 Å². The number of anilines is 1. The van der Waals surface area contributed by atoms with Crippen LogP contribution in [0, 0.1) is 17.7 Å². The molecule has 3 nitrogen and oxygen atoms in total. The molecule has 0 bridgehead atoms. The standard InChI is InChI=1S/C17H20FN3/c1-21-17(19)14(10-5-4-6-11(18)9-10)16(20-21)15-12-7-2-3-8-13(12)15/h4-6,9,12-13,15H,2-3,7-8,19H2,1H3. The molecule has 2 aromatic rings. The van der Waals surface area contributed by atoms with E-state index in [4.69, 9.17) is 5.73 Å². The Morgan fingerprint density at radius 3 is 2.62 bits per heavy atom. The summed E-state index contributed by atoms with van der Waals surface area (Å²) < 4.78 is 15.3. The molecule has 2 saturated carbocycles. The first-order chi connectivity index (χ1) is 10.2. The van der Waals surface area contributed by atoms with Gasteiger partial charge < -0.3 is 5.73 Å². The van der Waals surface area contributed by atoms with Crippen molar-refractivity contribution in [2.75, 3.05) is 5.73 Å². The maximum absolute atomic E-state index is 13.6. The van der Waals surface area contributed by atoms with E-state index in [2.05, 4.69) is 5.10 Å². The number of aromatic nitrogens is 2. The number of fused-ring (bicyclic) bond motifs is 1. The summed E-state index contributed by atoms with van der Waals surface area (Å²) in [7, 11) is 1.87. The zero-order valence-electron chi connectivity index (χ0n) is 12.2. The van der Waals surface area contributed by atoms with Crippen molar-refractivity contribution in [3.05, 3.63) is 35.8 Å². The average Bonchev–Trinajstić information content (AvgIpc) is 3.13. The first-order valence-corrected chi connectivity index (χ1v) is 7.75. The number of halogens is 1. The molecule has 1 aromatic heterocycles. The van der Waals surface area contributed by atoms with E-state index < -0.39 is 0 Å². The van der Waals surface area contributed by atoms with Crippen molar-refractivity contribution in [3.8, 4) is 11.1 Å². The number of nitrogens with zero attached hydrogens (tertiary/aromatic N) is 2. The molecular weight excluding hydrogens is 265 g/mol. The molecule has 0 radical (unpaired) electrons. The van der Waals surface area contributed by atoms with Gasteiger partial charge in [0.2, 0.25) is 0 Å². The number of aryl methyl sites for hydroxylation is 1. The molecule has 2 N–H and O–H groups in total. The van der Waals surface area contributed by atoms with Crippen molar-refractivity contribution in [2.24, 2.45) is 18.9 Å². The van der Waals surface area contributed by atoms with Gasteiger partial charge in [-0.25, -0.2) is 4.39 Å². The maximum Gasteiger partial charge on any atom is 0.129 e. The van der Waals surface area contributed by atoms with Gasteiger partial charge in [-0.05, 0) is 42.4 Å². The molecular formula is C17H20FN3. The minimum absolute atomic E-state index is 0.227. The second-order valence-corrected chi connectivity index (χ2v) is 6.42. The van der Waals surface area contributed by atoms with Crippen LogP contribution >= 0.6 is 0 Å². The third-order valence-corrected chi connectivity index (χ3v) is 5.20. The molecule has 1 aromatic carbocycles. The highest BCUT2D eigenvalue weighted by molar-refractivity contribution is 5.77. The monoisotopic (exact) mass is 285 g/mol. The molecule has 0 amide bonds.